The number of amides is 1. The van der Waals surface area contributed by atoms with E-state index in [0.29, 0.717) is 0 Å². The molecule has 3 nitrogen and oxygen atoms in total. The quantitative estimate of drug-likeness (QED) is 0.802. The molecule has 0 aromatic rings. The van der Waals surface area contributed by atoms with E-state index >= 15 is 0 Å². The molecule has 1 N–H and O–H groups in total. The first-order valence-corrected chi connectivity index (χ1v) is 5.69. The third-order valence-corrected chi connectivity index (χ3v) is 2.87. The molecule has 1 rings (SSSR count). The van der Waals surface area contributed by atoms with Crippen LogP contribution >= 0.6 is 0 Å². The largest absolute Gasteiger partial charge is 0.320 e. The monoisotopic (exact) mass is 234 g/mol. The van der Waals surface area contributed by atoms with Crippen LogP contribution in [0.25, 0.3) is 0 Å². The minimum absolute atomic E-state index is 0.122. The predicted octanol–water partition coefficient (Wildman–Crippen LogP) is 1.69. The molecule has 0 radical (unpaired) electrons. The van der Waals surface area contributed by atoms with Crippen molar-refractivity contribution in [1.82, 2.24) is 10.2 Å². The number of alkyl halides is 2. The van der Waals surface area contributed by atoms with Gasteiger partial charge in [0.2, 0.25) is 5.91 Å². The maximum absolute atomic E-state index is 12.4. The van der Waals surface area contributed by atoms with Gasteiger partial charge in [0.05, 0.1) is 18.8 Å². The van der Waals surface area contributed by atoms with Gasteiger partial charge in [0.15, 0.2) is 0 Å². The highest BCUT2D eigenvalue weighted by Crippen LogP contribution is 2.22. The number of hydrogen-bond donors (Lipinski definition) is 1. The van der Waals surface area contributed by atoms with Gasteiger partial charge in [-0.05, 0) is 11.8 Å². The number of nitrogens with zero attached hydrogens (tertiary/aromatic N) is 1. The van der Waals surface area contributed by atoms with Crippen molar-refractivity contribution < 1.29 is 13.6 Å². The Kier molecular flexibility index (Phi) is 4.24. The fraction of sp³-hybridized carbons (Fsp3) is 0.909. The van der Waals surface area contributed by atoms with Gasteiger partial charge in [0, 0.05) is 0 Å². The van der Waals surface area contributed by atoms with Gasteiger partial charge in [-0.1, -0.05) is 27.7 Å². The lowest BCUT2D eigenvalue weighted by Crippen LogP contribution is -2.43. The standard InChI is InChI=1S/C11H20F2N2O/c1-6(2)9-11(16)15(5-8(12)13)10(14-9)7(3)4/h6-10,14H,5H2,1-4H3. The molecule has 0 aromatic heterocycles. The van der Waals surface area contributed by atoms with E-state index < -0.39 is 13.0 Å². The summed E-state index contributed by atoms with van der Waals surface area (Å²) in [7, 11) is 0. The van der Waals surface area contributed by atoms with Gasteiger partial charge in [0.25, 0.3) is 6.43 Å². The highest BCUT2D eigenvalue weighted by atomic mass is 19.3. The topological polar surface area (TPSA) is 32.3 Å². The summed E-state index contributed by atoms with van der Waals surface area (Å²) in [6, 6.07) is -0.328. The van der Waals surface area contributed by atoms with Crippen molar-refractivity contribution in [3.63, 3.8) is 0 Å². The van der Waals surface area contributed by atoms with E-state index in [1.54, 1.807) is 0 Å². The van der Waals surface area contributed by atoms with Crippen LogP contribution in [0.5, 0.6) is 0 Å². The molecule has 5 heteroatoms. The Morgan fingerprint density at radius 2 is 1.81 bits per heavy atom. The van der Waals surface area contributed by atoms with Crippen molar-refractivity contribution in [3.05, 3.63) is 0 Å². The maximum atomic E-state index is 12.4. The highest BCUT2D eigenvalue weighted by molar-refractivity contribution is 5.84. The van der Waals surface area contributed by atoms with Crippen molar-refractivity contribution in [1.29, 1.82) is 0 Å². The molecule has 1 amide bonds. The van der Waals surface area contributed by atoms with Gasteiger partial charge in [0.1, 0.15) is 0 Å². The zero-order chi connectivity index (χ0) is 12.5. The summed E-state index contributed by atoms with van der Waals surface area (Å²) in [6.07, 6.45) is -2.74. The molecule has 16 heavy (non-hydrogen) atoms. The lowest BCUT2D eigenvalue weighted by molar-refractivity contribution is -0.133. The summed E-state index contributed by atoms with van der Waals surface area (Å²) in [5.74, 6) is 0.0527. The Morgan fingerprint density at radius 1 is 1.25 bits per heavy atom. The molecule has 2 atom stereocenters. The van der Waals surface area contributed by atoms with Gasteiger partial charge in [-0.15, -0.1) is 0 Å². The summed E-state index contributed by atoms with van der Waals surface area (Å²) in [5, 5.41) is 3.14. The Bertz CT molecular complexity index is 256. The molecule has 94 valence electrons. The van der Waals surface area contributed by atoms with E-state index in [-0.39, 0.29) is 30.0 Å². The summed E-state index contributed by atoms with van der Waals surface area (Å²) in [4.78, 5) is 13.2. The van der Waals surface area contributed by atoms with Crippen LogP contribution in [0, 0.1) is 11.8 Å². The minimum atomic E-state index is -2.47. The zero-order valence-electron chi connectivity index (χ0n) is 10.2. The third-order valence-electron chi connectivity index (χ3n) is 2.87. The second-order valence-corrected chi connectivity index (χ2v) is 4.96. The van der Waals surface area contributed by atoms with Crippen LogP contribution in [0.3, 0.4) is 0 Å². The van der Waals surface area contributed by atoms with E-state index in [1.165, 1.54) is 4.90 Å². The highest BCUT2D eigenvalue weighted by Gasteiger charge is 2.42. The molecule has 0 spiro atoms. The lowest BCUT2D eigenvalue weighted by Gasteiger charge is -2.26. The SMILES string of the molecule is CC(C)C1NC(C(C)C)N(CC(F)F)C1=O. The van der Waals surface area contributed by atoms with Crippen molar-refractivity contribution >= 4 is 5.91 Å². The molecule has 1 fully saturated rings. The fourth-order valence-corrected chi connectivity index (χ4v) is 2.04. The molecule has 0 saturated carbocycles. The van der Waals surface area contributed by atoms with Crippen molar-refractivity contribution in [3.8, 4) is 0 Å². The first-order valence-electron chi connectivity index (χ1n) is 5.69. The van der Waals surface area contributed by atoms with Crippen molar-refractivity contribution in [2.75, 3.05) is 6.54 Å². The van der Waals surface area contributed by atoms with Crippen LogP contribution in [-0.4, -0.2) is 36.0 Å². The van der Waals surface area contributed by atoms with Gasteiger partial charge in [-0.25, -0.2) is 8.78 Å². The Balaban J connectivity index is 2.81. The third kappa shape index (κ3) is 2.70. The summed E-state index contributed by atoms with van der Waals surface area (Å²) in [6.45, 7) is 7.20. The zero-order valence-corrected chi connectivity index (χ0v) is 10.2. The normalized spacial score (nSPS) is 26.6. The molecule has 1 aliphatic rings. The Morgan fingerprint density at radius 3 is 2.19 bits per heavy atom. The summed E-state index contributed by atoms with van der Waals surface area (Å²) < 4.78 is 24.8. The van der Waals surface area contributed by atoms with Gasteiger partial charge in [-0.2, -0.15) is 0 Å². The Labute approximate surface area is 95.2 Å². The first-order chi connectivity index (χ1) is 7.34. The number of nitrogens with one attached hydrogen (secondary N) is 1. The second kappa shape index (κ2) is 5.08. The van der Waals surface area contributed by atoms with E-state index in [9.17, 15) is 13.6 Å². The van der Waals surface area contributed by atoms with Crippen LogP contribution in [-0.2, 0) is 4.79 Å². The number of carbonyl (C=O) groups excluding carboxylic acids is 1. The van der Waals surface area contributed by atoms with Gasteiger partial charge < -0.3 is 4.90 Å². The molecule has 0 aromatic carbocycles. The first kappa shape index (κ1) is 13.4. The number of hydrogen-bond acceptors (Lipinski definition) is 2. The molecule has 0 bridgehead atoms. The van der Waals surface area contributed by atoms with E-state index in [4.69, 9.17) is 0 Å². The van der Waals surface area contributed by atoms with Crippen molar-refractivity contribution in [2.45, 2.75) is 46.3 Å². The second-order valence-electron chi connectivity index (χ2n) is 4.96. The average molecular weight is 234 g/mol. The van der Waals surface area contributed by atoms with Crippen LogP contribution in [0.4, 0.5) is 8.78 Å². The Hall–Kier alpha value is -0.710. The molecule has 1 heterocycles. The fourth-order valence-electron chi connectivity index (χ4n) is 2.04. The molecular weight excluding hydrogens is 214 g/mol. The van der Waals surface area contributed by atoms with Crippen molar-refractivity contribution in [2.24, 2.45) is 11.8 Å². The molecule has 0 aliphatic carbocycles. The number of rotatable bonds is 4. The maximum Gasteiger partial charge on any atom is 0.255 e. The molecule has 2 unspecified atom stereocenters. The summed E-state index contributed by atoms with van der Waals surface area (Å²) in [5.41, 5.74) is 0. The smallest absolute Gasteiger partial charge is 0.255 e. The van der Waals surface area contributed by atoms with Crippen LogP contribution in [0.2, 0.25) is 0 Å². The van der Waals surface area contributed by atoms with Gasteiger partial charge >= 0.3 is 0 Å². The molecular formula is C11H20F2N2O. The lowest BCUT2D eigenvalue weighted by atomic mass is 10.1. The number of carbonyl (C=O) groups is 1. The summed E-state index contributed by atoms with van der Waals surface area (Å²) >= 11 is 0. The number of halogens is 2. The van der Waals surface area contributed by atoms with Crippen LogP contribution in [0.15, 0.2) is 0 Å². The molecule has 1 aliphatic heterocycles. The van der Waals surface area contributed by atoms with Crippen LogP contribution < -0.4 is 5.32 Å². The minimum Gasteiger partial charge on any atom is -0.320 e. The van der Waals surface area contributed by atoms with E-state index in [0.717, 1.165) is 0 Å². The average Bonchev–Trinajstić information content (AvgIpc) is 2.43. The predicted molar refractivity (Wildman–Crippen MR) is 58.1 cm³/mol. The van der Waals surface area contributed by atoms with Gasteiger partial charge in [-0.3, -0.25) is 10.1 Å². The molecule has 1 saturated heterocycles. The van der Waals surface area contributed by atoms with E-state index in [1.807, 2.05) is 27.7 Å². The van der Waals surface area contributed by atoms with Crippen LogP contribution in [0.1, 0.15) is 27.7 Å². The van der Waals surface area contributed by atoms with E-state index in [2.05, 4.69) is 5.32 Å².